The van der Waals surface area contributed by atoms with E-state index in [0.29, 0.717) is 116 Å². The number of nitrogens with one attached hydrogen (secondary N) is 3. The largest absolute Gasteiger partial charge is 0.594 e. The number of hydrogen-bond acceptors (Lipinski definition) is 28. The lowest BCUT2D eigenvalue weighted by atomic mass is 9.60. The number of pyridine rings is 1. The molecule has 10 fully saturated rings. The third-order valence-electron chi connectivity index (χ3n) is 25.7. The maximum absolute atomic E-state index is 12.8. The van der Waals surface area contributed by atoms with Crippen molar-refractivity contribution in [3.63, 3.8) is 0 Å². The predicted molar refractivity (Wildman–Crippen MR) is 554 cm³/mol. The van der Waals surface area contributed by atoms with Gasteiger partial charge in [0, 0.05) is 181 Å². The third kappa shape index (κ3) is 35.9. The van der Waals surface area contributed by atoms with Gasteiger partial charge in [-0.25, -0.2) is 58.0 Å². The van der Waals surface area contributed by atoms with E-state index in [1.54, 1.807) is 78.6 Å². The van der Waals surface area contributed by atoms with Gasteiger partial charge < -0.3 is 69.0 Å². The van der Waals surface area contributed by atoms with Crippen LogP contribution in [0.4, 0.5) is 43.9 Å². The molecule has 834 valence electrons. The fourth-order valence-corrected chi connectivity index (χ4v) is 23.7. The molecule has 4 amide bonds. The smallest absolute Gasteiger partial charge is 0.493 e. The van der Waals surface area contributed by atoms with Gasteiger partial charge in [-0.3, -0.25) is 4.79 Å². The highest BCUT2D eigenvalue weighted by Crippen LogP contribution is 2.55. The number of unbranched alkanes of at least 4 members (excludes halogenated alkanes) is 4. The van der Waals surface area contributed by atoms with E-state index >= 15 is 0 Å². The van der Waals surface area contributed by atoms with Gasteiger partial charge in [0.2, 0.25) is 0 Å². The van der Waals surface area contributed by atoms with Crippen LogP contribution in [0, 0.1) is 40.9 Å². The highest BCUT2D eigenvalue weighted by Gasteiger charge is 2.60. The number of hydrogen-bond donors (Lipinski definition) is 6. The molecule has 42 nitrogen and oxygen atoms in total. The van der Waals surface area contributed by atoms with Crippen molar-refractivity contribution in [1.82, 2.24) is 72.2 Å². The third-order valence-corrected chi connectivity index (χ3v) is 31.4. The maximum Gasteiger partial charge on any atom is 0.493 e. The first kappa shape index (κ1) is 126. The number of aromatic nitrogens is 7. The van der Waals surface area contributed by atoms with Gasteiger partial charge >= 0.3 is 56.9 Å². The fourth-order valence-electron chi connectivity index (χ4n) is 18.9. The second kappa shape index (κ2) is 49.6. The summed E-state index contributed by atoms with van der Waals surface area (Å²) < 4.78 is 168. The number of carbonyl (C=O) groups excluding carboxylic acids is 5. The Bertz CT molecular complexity index is 5810. The summed E-state index contributed by atoms with van der Waals surface area (Å²) >= 11 is 17.9. The summed E-state index contributed by atoms with van der Waals surface area (Å²) in [5.41, 5.74) is 2.61. The van der Waals surface area contributed by atoms with Crippen molar-refractivity contribution >= 4 is 140 Å². The Hall–Kier alpha value is -8.34. The number of anilines is 2. The van der Waals surface area contributed by atoms with Crippen LogP contribution in [0.3, 0.4) is 0 Å². The van der Waals surface area contributed by atoms with Crippen molar-refractivity contribution in [1.29, 1.82) is 0 Å². The summed E-state index contributed by atoms with van der Waals surface area (Å²) in [6, 6.07) is 7.53. The molecule has 0 unspecified atom stereocenters. The molecule has 5 aliphatic carbocycles. The van der Waals surface area contributed by atoms with Gasteiger partial charge in [-0.2, -0.15) is 61.5 Å². The summed E-state index contributed by atoms with van der Waals surface area (Å²) in [6.45, 7) is 49.6. The maximum atomic E-state index is 12.8. The molecule has 147 heavy (non-hydrogen) atoms. The van der Waals surface area contributed by atoms with Crippen LogP contribution < -0.4 is 44.5 Å². The van der Waals surface area contributed by atoms with Gasteiger partial charge in [0.1, 0.15) is 62.2 Å². The second-order valence-electron chi connectivity index (χ2n) is 45.1. The number of alkyl halides is 3. The second-order valence-corrected chi connectivity index (χ2v) is 52.4. The zero-order valence-electron chi connectivity index (χ0n) is 88.4. The molecular formula is C95H157Cl3F3N21O21S4. The van der Waals surface area contributed by atoms with E-state index in [0.717, 1.165) is 141 Å². The average Bonchev–Trinajstić information content (AvgIpc) is 1.61. The minimum Gasteiger partial charge on any atom is -0.594 e. The topological polar surface area (TPSA) is 519 Å². The molecule has 0 atom stereocenters. The number of halogens is 6. The number of ketones is 1. The summed E-state index contributed by atoms with van der Waals surface area (Å²) in [7, 11) is -11.6. The van der Waals surface area contributed by atoms with Crippen molar-refractivity contribution in [3.8, 4) is 0 Å². The number of aliphatic carboxylic acids is 1. The first-order valence-electron chi connectivity index (χ1n) is 49.1. The molecule has 5 aromatic heterocycles. The molecule has 5 saturated carbocycles. The lowest BCUT2D eigenvalue weighted by molar-refractivity contribution is -0.511. The van der Waals surface area contributed by atoms with Crippen molar-refractivity contribution in [2.45, 2.75) is 327 Å². The molecule has 8 N–H and O–H groups in total. The number of nitrogens with two attached hydrogens (primary N) is 2. The van der Waals surface area contributed by atoms with Crippen molar-refractivity contribution < 1.29 is 113 Å². The Morgan fingerprint density at radius 2 is 0.912 bits per heavy atom. The Morgan fingerprint density at radius 1 is 0.551 bits per heavy atom. The van der Waals surface area contributed by atoms with Gasteiger partial charge in [0.25, 0.3) is 20.4 Å². The number of likely N-dealkylation sites (tertiary alicyclic amines) is 3. The van der Waals surface area contributed by atoms with E-state index in [4.69, 9.17) is 78.7 Å². The monoisotopic (exact) mass is 2220 g/mol. The number of ether oxygens (including phenoxy) is 5. The van der Waals surface area contributed by atoms with Crippen molar-refractivity contribution in [2.24, 2.45) is 41.8 Å². The average molecular weight is 2220 g/mol. The number of carboxylic acid groups (broad SMARTS) is 1. The Balaban J connectivity index is 0.000000233. The van der Waals surface area contributed by atoms with Gasteiger partial charge in [-0.15, -0.1) is 8.42 Å². The van der Waals surface area contributed by atoms with E-state index in [1.807, 2.05) is 125 Å². The highest BCUT2D eigenvalue weighted by molar-refractivity contribution is 7.88. The minimum atomic E-state index is -5.08. The number of nitrogens with zero attached hydrogens (tertiary/aromatic N) is 16. The zero-order valence-corrected chi connectivity index (χ0v) is 93.9. The van der Waals surface area contributed by atoms with Crippen molar-refractivity contribution in [3.05, 3.63) is 75.9 Å². The summed E-state index contributed by atoms with van der Waals surface area (Å²) in [5, 5.41) is 45.8. The number of aryl methyl sites for hydroxylation is 2. The molecular weight excluding hydrogens is 2060 g/mol. The van der Waals surface area contributed by atoms with E-state index in [9.17, 15) is 75.9 Å². The first-order valence-corrected chi connectivity index (χ1v) is 56.1. The van der Waals surface area contributed by atoms with Crippen LogP contribution in [0.5, 0.6) is 0 Å². The number of rotatable bonds is 24. The molecule has 5 aliphatic heterocycles. The standard InChI is InChI=1S/C20H37N3O6S.C17H25ClN6O2S.C15H28N2O2.C12H19N3O4S.C11H17NO3.C10H21N3O2S.C7H5Cl2N3.C2HF3O2.CH4/c1-8-9-10-23(30(26,27)21-16(24)28-18(2,3)4)15-11-20(12-15)13-22(14-20)17(25)29-19(5,6)7;1-3-4-5-23(27(19,25)26)13-7-17(8-13)9-22(10-17)16-15-12(2)6-14(18)24(15)21-11-20-16;1-5-6-7-16-12-8-15(9-12)10-17(11-15)13(18)19-14(2,3)4;1-12(2,3)19-11(16)13-20(17,18)15-8-6-10(7-9-15)14(4)5;1-10(2,3)15-9(14)12-6-11(7-12)4-8(13)5-11;1-2-3-4-13(16(11,14)15)9-5-10(6-9)7-12-8-10;1-4-2-5(8)12-6(4)7(9)10-3-11-12;3-2(4,5)1(6)7;/h15H,8-14H2,1-7H3,(H,21,24);6,11,13H,3-5,7-10H2,1-2H3,(H2,19,25,26);12,16H,5-11H2,1-4H3;6-9H,1-5H3;4-7H2,1-3H3;9,12H,2-8H2,1H3,(H2,11,14,15);2-3H,1H3;(H,6,7);1H4. The predicted octanol–water partition coefficient (Wildman–Crippen LogP) is 12.9. The number of fused-ring (bicyclic) bond motifs is 2. The quantitative estimate of drug-likeness (QED) is 0.0110. The van der Waals surface area contributed by atoms with Crippen LogP contribution in [0.1, 0.15) is 266 Å². The van der Waals surface area contributed by atoms with Crippen LogP contribution >= 0.6 is 34.8 Å². The fraction of sp³-hybridized carbons (Fsp3) is 0.747. The molecule has 0 radical (unpaired) electrons. The molecule has 0 bridgehead atoms. The SMILES string of the molecule is C.CC(C)(C)OC(=O)N1CC2(CC(=O)C2)C1.CCCCN(C1CC2(C1)CN(C(=O)OC(C)(C)C)C2)S(=O)(=O)NC(=O)OC(C)(C)C.CCCCN(C1CC2(C1)CN(c1ncnn3c(Cl)cc(C)c13)C2)S(N)(=O)=O.CCCCN(C1CC2(CNC2)C1)S(N)(=O)=O.CCCCNC1CC2(C1)CN(C(=O)OC(C)(C)C)C2.CN(C)c1cc[n+](S(=O)(=O)N=C([O-])OC(C)(C)C)cc1.Cc1cc(Cl)n2ncnc(Cl)c12.O=C(O)C(F)(F)F. The zero-order chi connectivity index (χ0) is 110. The van der Waals surface area contributed by atoms with Gasteiger partial charge in [-0.1, -0.05) is 125 Å². The summed E-state index contributed by atoms with van der Waals surface area (Å²) in [6.07, 6.45) is 14.0. The van der Waals surface area contributed by atoms with Gasteiger partial charge in [-0.05, 0) is 209 Å². The van der Waals surface area contributed by atoms with E-state index in [-0.39, 0.29) is 65.7 Å². The first-order chi connectivity index (χ1) is 67.0. The van der Waals surface area contributed by atoms with Crippen LogP contribution in [-0.2, 0) is 74.1 Å². The Morgan fingerprint density at radius 3 is 1.27 bits per heavy atom. The number of Topliss-reactive ketones (excluding diaryl/α,β-unsaturated/α-hetero) is 1. The molecule has 0 aromatic carbocycles. The normalized spacial score (nSPS) is 19.8. The molecule has 10 heterocycles. The molecule has 15 rings (SSSR count). The van der Waals surface area contributed by atoms with Gasteiger partial charge in [0.15, 0.2) is 29.4 Å². The number of carbonyl (C=O) groups is 6. The Kier molecular flexibility index (Phi) is 42.4. The lowest BCUT2D eigenvalue weighted by Gasteiger charge is -2.60. The molecule has 5 spiro atoms. The van der Waals surface area contributed by atoms with Crippen LogP contribution in [0.2, 0.25) is 15.5 Å². The number of carboxylic acids is 1. The minimum absolute atomic E-state index is 0. The molecule has 10 aliphatic rings. The summed E-state index contributed by atoms with van der Waals surface area (Å²) in [4.78, 5) is 84.9. The molecule has 5 aromatic rings. The molecule has 5 saturated heterocycles. The highest BCUT2D eigenvalue weighted by atomic mass is 35.5. The van der Waals surface area contributed by atoms with Crippen LogP contribution in [0.25, 0.3) is 11.0 Å². The summed E-state index contributed by atoms with van der Waals surface area (Å²) in [5.74, 6) is -1.55. The van der Waals surface area contributed by atoms with Crippen LogP contribution in [0.15, 0.2) is 53.7 Å². The lowest BCUT2D eigenvalue weighted by Crippen LogP contribution is -2.69. The van der Waals surface area contributed by atoms with Crippen LogP contribution in [-0.4, -0.2) is 302 Å². The molecule has 52 heteroatoms. The number of amides is 4. The van der Waals surface area contributed by atoms with E-state index in [1.165, 1.54) is 63.6 Å². The van der Waals surface area contributed by atoms with E-state index < -0.39 is 87.6 Å². The van der Waals surface area contributed by atoms with Crippen molar-refractivity contribution in [2.75, 3.05) is 116 Å². The van der Waals surface area contributed by atoms with Gasteiger partial charge in [0.05, 0.1) is 0 Å². The Labute approximate surface area is 880 Å². The van der Waals surface area contributed by atoms with E-state index in [2.05, 4.69) is 53.9 Å².